The van der Waals surface area contributed by atoms with Crippen LogP contribution in [0.25, 0.3) is 0 Å². The highest BCUT2D eigenvalue weighted by Crippen LogP contribution is 2.30. The zero-order valence-electron chi connectivity index (χ0n) is 11.1. The van der Waals surface area contributed by atoms with Crippen LogP contribution in [0.15, 0.2) is 24.9 Å². The molecule has 0 spiro atoms. The Morgan fingerprint density at radius 2 is 2.40 bits per heavy atom. The molecule has 1 aliphatic rings. The van der Waals surface area contributed by atoms with Crippen molar-refractivity contribution in [2.75, 3.05) is 18.0 Å². The molecule has 0 radical (unpaired) electrons. The van der Waals surface area contributed by atoms with Crippen molar-refractivity contribution in [1.82, 2.24) is 15.3 Å². The average molecular weight is 282 g/mol. The molecule has 7 heteroatoms. The Kier molecular flexibility index (Phi) is 3.96. The van der Waals surface area contributed by atoms with Gasteiger partial charge in [-0.15, -0.1) is 0 Å². The van der Waals surface area contributed by atoms with Crippen LogP contribution in [0.3, 0.4) is 0 Å². The van der Waals surface area contributed by atoms with Gasteiger partial charge >= 0.3 is 0 Å². The van der Waals surface area contributed by atoms with Gasteiger partial charge in [0.15, 0.2) is 0 Å². The van der Waals surface area contributed by atoms with E-state index in [0.717, 1.165) is 6.08 Å². The van der Waals surface area contributed by atoms with E-state index in [-0.39, 0.29) is 19.5 Å². The molecule has 1 atom stereocenters. The Morgan fingerprint density at radius 3 is 3.05 bits per heavy atom. The molecule has 1 N–H and O–H groups in total. The Bertz CT molecular complexity index is 521. The van der Waals surface area contributed by atoms with Gasteiger partial charge in [-0.25, -0.2) is 18.7 Å². The molecule has 1 saturated heterocycles. The van der Waals surface area contributed by atoms with Gasteiger partial charge in [0.25, 0.3) is 5.92 Å². The maximum Gasteiger partial charge on any atom is 0.271 e. The SMILES string of the molecule is C=CC(=O)NC1CN(c2ccnc(C)n2)CCC1(F)F. The van der Waals surface area contributed by atoms with E-state index in [1.54, 1.807) is 24.1 Å². The molecule has 1 unspecified atom stereocenters. The number of hydrogen-bond donors (Lipinski definition) is 1. The third-order valence-corrected chi connectivity index (χ3v) is 3.22. The van der Waals surface area contributed by atoms with Gasteiger partial charge in [0, 0.05) is 25.7 Å². The summed E-state index contributed by atoms with van der Waals surface area (Å²) in [5.74, 6) is -2.37. The summed E-state index contributed by atoms with van der Waals surface area (Å²) in [5, 5.41) is 2.28. The summed E-state index contributed by atoms with van der Waals surface area (Å²) in [6.45, 7) is 5.19. The van der Waals surface area contributed by atoms with E-state index in [2.05, 4.69) is 21.9 Å². The van der Waals surface area contributed by atoms with Crippen molar-refractivity contribution in [3.8, 4) is 0 Å². The van der Waals surface area contributed by atoms with E-state index in [1.807, 2.05) is 0 Å². The number of halogens is 2. The molecule has 1 fully saturated rings. The van der Waals surface area contributed by atoms with Crippen molar-refractivity contribution < 1.29 is 13.6 Å². The van der Waals surface area contributed by atoms with Crippen LogP contribution in [0.2, 0.25) is 0 Å². The molecule has 108 valence electrons. The number of carbonyl (C=O) groups is 1. The second-order valence-corrected chi connectivity index (χ2v) is 4.68. The van der Waals surface area contributed by atoms with Crippen molar-refractivity contribution in [2.24, 2.45) is 0 Å². The highest BCUT2D eigenvalue weighted by molar-refractivity contribution is 5.87. The van der Waals surface area contributed by atoms with E-state index >= 15 is 0 Å². The third kappa shape index (κ3) is 3.09. The van der Waals surface area contributed by atoms with Crippen molar-refractivity contribution in [3.63, 3.8) is 0 Å². The molecule has 5 nitrogen and oxygen atoms in total. The molecule has 0 saturated carbocycles. The van der Waals surface area contributed by atoms with E-state index in [9.17, 15) is 13.6 Å². The molecular formula is C13H16F2N4O. The summed E-state index contributed by atoms with van der Waals surface area (Å²) >= 11 is 0. The number of hydrogen-bond acceptors (Lipinski definition) is 4. The highest BCUT2D eigenvalue weighted by Gasteiger charge is 2.45. The molecular weight excluding hydrogens is 266 g/mol. The summed E-state index contributed by atoms with van der Waals surface area (Å²) in [5.41, 5.74) is 0. The van der Waals surface area contributed by atoms with Gasteiger partial charge < -0.3 is 10.2 Å². The van der Waals surface area contributed by atoms with Crippen LogP contribution in [0.1, 0.15) is 12.2 Å². The lowest BCUT2D eigenvalue weighted by atomic mass is 10.0. The maximum atomic E-state index is 13.8. The normalized spacial score (nSPS) is 21.4. The van der Waals surface area contributed by atoms with Gasteiger partial charge in [0.05, 0.1) is 0 Å². The molecule has 2 rings (SSSR count). The zero-order valence-corrected chi connectivity index (χ0v) is 11.1. The van der Waals surface area contributed by atoms with Crippen molar-refractivity contribution in [2.45, 2.75) is 25.3 Å². The lowest BCUT2D eigenvalue weighted by molar-refractivity contribution is -0.122. The van der Waals surface area contributed by atoms with Gasteiger partial charge in [-0.3, -0.25) is 4.79 Å². The summed E-state index contributed by atoms with van der Waals surface area (Å²) in [6, 6.07) is 0.417. The number of aromatic nitrogens is 2. The van der Waals surface area contributed by atoms with Crippen LogP contribution in [0.4, 0.5) is 14.6 Å². The van der Waals surface area contributed by atoms with E-state index in [1.165, 1.54) is 0 Å². The van der Waals surface area contributed by atoms with Crippen molar-refractivity contribution in [1.29, 1.82) is 0 Å². The number of rotatable bonds is 3. The number of alkyl halides is 2. The first-order valence-electron chi connectivity index (χ1n) is 6.28. The van der Waals surface area contributed by atoms with Gasteiger partial charge in [-0.2, -0.15) is 0 Å². The predicted molar refractivity (Wildman–Crippen MR) is 70.7 cm³/mol. The molecule has 0 bridgehead atoms. The Morgan fingerprint density at radius 1 is 1.65 bits per heavy atom. The number of nitrogens with zero attached hydrogens (tertiary/aromatic N) is 3. The van der Waals surface area contributed by atoms with Crippen molar-refractivity contribution >= 4 is 11.7 Å². The number of piperidine rings is 1. The van der Waals surface area contributed by atoms with E-state index in [0.29, 0.717) is 11.6 Å². The molecule has 1 aromatic heterocycles. The average Bonchev–Trinajstić information content (AvgIpc) is 2.41. The van der Waals surface area contributed by atoms with Crippen LogP contribution in [-0.4, -0.2) is 40.9 Å². The second-order valence-electron chi connectivity index (χ2n) is 4.68. The Labute approximate surface area is 115 Å². The van der Waals surface area contributed by atoms with Crippen LogP contribution in [0, 0.1) is 6.92 Å². The standard InChI is InChI=1S/C13H16F2N4O/c1-3-12(20)18-10-8-19(7-5-13(10,14)15)11-4-6-16-9(2)17-11/h3-4,6,10H,1,5,7-8H2,2H3,(H,18,20). The van der Waals surface area contributed by atoms with E-state index in [4.69, 9.17) is 0 Å². The second kappa shape index (κ2) is 5.52. The van der Waals surface area contributed by atoms with Gasteiger partial charge in [0.1, 0.15) is 17.7 Å². The number of nitrogens with one attached hydrogen (secondary N) is 1. The fourth-order valence-electron chi connectivity index (χ4n) is 2.11. The first kappa shape index (κ1) is 14.4. The maximum absolute atomic E-state index is 13.8. The minimum atomic E-state index is -2.93. The molecule has 2 heterocycles. The fraction of sp³-hybridized carbons (Fsp3) is 0.462. The van der Waals surface area contributed by atoms with Gasteiger partial charge in [0.2, 0.25) is 5.91 Å². The summed E-state index contributed by atoms with van der Waals surface area (Å²) in [7, 11) is 0. The van der Waals surface area contributed by atoms with Crippen molar-refractivity contribution in [3.05, 3.63) is 30.7 Å². The Balaban J connectivity index is 2.15. The minimum Gasteiger partial charge on any atom is -0.354 e. The topological polar surface area (TPSA) is 58.1 Å². The molecule has 20 heavy (non-hydrogen) atoms. The van der Waals surface area contributed by atoms with Gasteiger partial charge in [-0.1, -0.05) is 6.58 Å². The van der Waals surface area contributed by atoms with Crippen LogP contribution in [0.5, 0.6) is 0 Å². The number of carbonyl (C=O) groups excluding carboxylic acids is 1. The molecule has 1 amide bonds. The largest absolute Gasteiger partial charge is 0.354 e. The lowest BCUT2D eigenvalue weighted by Gasteiger charge is -2.39. The summed E-state index contributed by atoms with van der Waals surface area (Å²) in [4.78, 5) is 21.2. The molecule has 0 aromatic carbocycles. The smallest absolute Gasteiger partial charge is 0.271 e. The number of amides is 1. The quantitative estimate of drug-likeness (QED) is 0.849. The summed E-state index contributed by atoms with van der Waals surface area (Å²) in [6.07, 6.45) is 2.24. The van der Waals surface area contributed by atoms with Crippen LogP contribution in [-0.2, 0) is 4.79 Å². The van der Waals surface area contributed by atoms with Gasteiger partial charge in [-0.05, 0) is 19.1 Å². The third-order valence-electron chi connectivity index (χ3n) is 3.22. The highest BCUT2D eigenvalue weighted by atomic mass is 19.3. The first-order valence-corrected chi connectivity index (χ1v) is 6.28. The zero-order chi connectivity index (χ0) is 14.8. The lowest BCUT2D eigenvalue weighted by Crippen LogP contribution is -2.58. The first-order chi connectivity index (χ1) is 9.42. The molecule has 0 aliphatic carbocycles. The fourth-order valence-corrected chi connectivity index (χ4v) is 2.11. The minimum absolute atomic E-state index is 0.00301. The van der Waals surface area contributed by atoms with E-state index < -0.39 is 17.9 Å². The number of aryl methyl sites for hydroxylation is 1. The van der Waals surface area contributed by atoms with Crippen LogP contribution >= 0.6 is 0 Å². The number of anilines is 1. The monoisotopic (exact) mass is 282 g/mol. The van der Waals surface area contributed by atoms with Crippen LogP contribution < -0.4 is 10.2 Å². The predicted octanol–water partition coefficient (Wildman–Crippen LogP) is 1.30. The molecule has 1 aromatic rings. The molecule has 1 aliphatic heterocycles. The Hall–Kier alpha value is -2.05. The summed E-state index contributed by atoms with van der Waals surface area (Å²) < 4.78 is 27.7.